The van der Waals surface area contributed by atoms with Crippen LogP contribution in [0.4, 0.5) is 0 Å². The Balaban J connectivity index is 3.84. The molecule has 0 bridgehead atoms. The zero-order valence-corrected chi connectivity index (χ0v) is 8.00. The molecule has 0 fully saturated rings. The third-order valence-electron chi connectivity index (χ3n) is 1.26. The Morgan fingerprint density at radius 3 is 2.27 bits per heavy atom. The molecule has 0 spiro atoms. The summed E-state index contributed by atoms with van der Waals surface area (Å²) in [5.74, 6) is 0. The Kier molecular flexibility index (Phi) is 4.50. The molecule has 0 aliphatic rings. The van der Waals surface area contributed by atoms with E-state index in [4.69, 9.17) is 0 Å². The number of rotatable bonds is 3. The van der Waals surface area contributed by atoms with E-state index in [0.29, 0.717) is 6.04 Å². The van der Waals surface area contributed by atoms with Gasteiger partial charge in [0, 0.05) is 19.3 Å². The summed E-state index contributed by atoms with van der Waals surface area (Å²) in [6.45, 7) is 8.13. The maximum Gasteiger partial charge on any atom is 0.0499 e. The molecule has 11 heavy (non-hydrogen) atoms. The lowest BCUT2D eigenvalue weighted by Crippen LogP contribution is -2.19. The molecule has 0 aromatic rings. The summed E-state index contributed by atoms with van der Waals surface area (Å²) >= 11 is 0. The Morgan fingerprint density at radius 1 is 1.36 bits per heavy atom. The van der Waals surface area contributed by atoms with Crippen LogP contribution in [0.25, 0.3) is 0 Å². The van der Waals surface area contributed by atoms with E-state index in [9.17, 15) is 0 Å². The fourth-order valence-corrected chi connectivity index (χ4v) is 0.326. The highest BCUT2D eigenvalue weighted by atomic mass is 15.5. The minimum absolute atomic E-state index is 0.407. The van der Waals surface area contributed by atoms with Crippen LogP contribution < -0.4 is 0 Å². The molecule has 0 aromatic carbocycles. The van der Waals surface area contributed by atoms with Gasteiger partial charge in [-0.1, -0.05) is 10.8 Å². The maximum atomic E-state index is 3.95. The predicted octanol–water partition coefficient (Wildman–Crippen LogP) is 2.62. The molecule has 0 N–H and O–H groups in total. The lowest BCUT2D eigenvalue weighted by molar-refractivity contribution is 0.269. The van der Waals surface area contributed by atoms with E-state index in [1.807, 2.05) is 25.9 Å². The first-order valence-electron chi connectivity index (χ1n) is 3.81. The van der Waals surface area contributed by atoms with Crippen LogP contribution in [0.5, 0.6) is 0 Å². The van der Waals surface area contributed by atoms with Crippen molar-refractivity contribution in [3.8, 4) is 0 Å². The molecule has 0 heterocycles. The molecule has 0 atom stereocenters. The second kappa shape index (κ2) is 4.88. The predicted molar refractivity (Wildman–Crippen MR) is 47.2 cm³/mol. The summed E-state index contributed by atoms with van der Waals surface area (Å²) in [5.41, 5.74) is 1.16. The van der Waals surface area contributed by atoms with Gasteiger partial charge in [0.05, 0.1) is 0 Å². The molecule has 0 unspecified atom stereocenters. The van der Waals surface area contributed by atoms with Crippen molar-refractivity contribution in [2.24, 2.45) is 10.3 Å². The van der Waals surface area contributed by atoms with Crippen LogP contribution in [0.3, 0.4) is 0 Å². The highest BCUT2D eigenvalue weighted by molar-refractivity contribution is 4.89. The van der Waals surface area contributed by atoms with Crippen LogP contribution in [0.15, 0.2) is 22.1 Å². The van der Waals surface area contributed by atoms with Gasteiger partial charge in [-0.05, 0) is 27.7 Å². The van der Waals surface area contributed by atoms with Gasteiger partial charge in [-0.3, -0.25) is 5.01 Å². The smallest absolute Gasteiger partial charge is 0.0499 e. The van der Waals surface area contributed by atoms with Crippen LogP contribution in [0.2, 0.25) is 0 Å². The van der Waals surface area contributed by atoms with Crippen molar-refractivity contribution in [1.82, 2.24) is 5.01 Å². The normalized spacial score (nSPS) is 10.7. The van der Waals surface area contributed by atoms with Crippen molar-refractivity contribution in [3.63, 3.8) is 0 Å². The van der Waals surface area contributed by atoms with Crippen molar-refractivity contribution < 1.29 is 0 Å². The molecular formula is C8H17N3. The zero-order valence-electron chi connectivity index (χ0n) is 8.00. The largest absolute Gasteiger partial charge is 0.279 e. The summed E-state index contributed by atoms with van der Waals surface area (Å²) in [6.07, 6.45) is 1.75. The first-order valence-corrected chi connectivity index (χ1v) is 3.81. The lowest BCUT2D eigenvalue weighted by Gasteiger charge is -2.14. The lowest BCUT2D eigenvalue weighted by atomic mass is 10.4. The number of nitrogens with zero attached hydrogens (tertiary/aromatic N) is 3. The maximum absolute atomic E-state index is 3.95. The first kappa shape index (κ1) is 10.1. The average molecular weight is 155 g/mol. The highest BCUT2D eigenvalue weighted by Crippen LogP contribution is 1.96. The van der Waals surface area contributed by atoms with Gasteiger partial charge in [-0.2, -0.15) is 0 Å². The van der Waals surface area contributed by atoms with E-state index in [2.05, 4.69) is 24.2 Å². The minimum Gasteiger partial charge on any atom is -0.279 e. The average Bonchev–Trinajstić information content (AvgIpc) is 1.86. The van der Waals surface area contributed by atoms with E-state index in [1.165, 1.54) is 0 Å². The summed E-state index contributed by atoms with van der Waals surface area (Å²) in [6, 6.07) is 0.407. The number of hydrogen-bond acceptors (Lipinski definition) is 2. The molecule has 0 radical (unpaired) electrons. The highest BCUT2D eigenvalue weighted by Gasteiger charge is 1.95. The Labute approximate surface area is 68.8 Å². The van der Waals surface area contributed by atoms with Gasteiger partial charge in [0.25, 0.3) is 0 Å². The van der Waals surface area contributed by atoms with Gasteiger partial charge in [-0.15, -0.1) is 5.11 Å². The summed E-state index contributed by atoms with van der Waals surface area (Å²) in [4.78, 5) is 0. The second-order valence-corrected chi connectivity index (χ2v) is 3.08. The second-order valence-electron chi connectivity index (χ2n) is 3.08. The van der Waals surface area contributed by atoms with Gasteiger partial charge in [0.2, 0.25) is 0 Å². The summed E-state index contributed by atoms with van der Waals surface area (Å²) in [7, 11) is 1.91. The van der Waals surface area contributed by atoms with Crippen molar-refractivity contribution >= 4 is 0 Å². The quantitative estimate of drug-likeness (QED) is 0.455. The monoisotopic (exact) mass is 155 g/mol. The van der Waals surface area contributed by atoms with Crippen LogP contribution in [-0.4, -0.2) is 18.1 Å². The molecule has 0 saturated heterocycles. The third kappa shape index (κ3) is 5.58. The molecular weight excluding hydrogens is 138 g/mol. The van der Waals surface area contributed by atoms with Crippen molar-refractivity contribution in [3.05, 3.63) is 11.8 Å². The van der Waals surface area contributed by atoms with Gasteiger partial charge in [0.1, 0.15) is 0 Å². The third-order valence-corrected chi connectivity index (χ3v) is 1.26. The van der Waals surface area contributed by atoms with E-state index in [1.54, 1.807) is 6.20 Å². The molecule has 3 heteroatoms. The van der Waals surface area contributed by atoms with E-state index >= 15 is 0 Å². The van der Waals surface area contributed by atoms with Crippen LogP contribution in [0, 0.1) is 0 Å². The molecule has 0 amide bonds. The number of allylic oxidation sites excluding steroid dienone is 1. The fraction of sp³-hybridized carbons (Fsp3) is 0.750. The molecule has 0 aliphatic heterocycles. The topological polar surface area (TPSA) is 28.0 Å². The van der Waals surface area contributed by atoms with E-state index in [-0.39, 0.29) is 0 Å². The van der Waals surface area contributed by atoms with Gasteiger partial charge in [-0.25, -0.2) is 0 Å². The molecule has 3 nitrogen and oxygen atoms in total. The van der Waals surface area contributed by atoms with Crippen LogP contribution in [-0.2, 0) is 0 Å². The molecule has 0 aliphatic carbocycles. The van der Waals surface area contributed by atoms with Crippen LogP contribution in [0.1, 0.15) is 27.7 Å². The van der Waals surface area contributed by atoms with Crippen LogP contribution >= 0.6 is 0 Å². The van der Waals surface area contributed by atoms with Crippen molar-refractivity contribution in [2.75, 3.05) is 7.05 Å². The fourth-order valence-electron chi connectivity index (χ4n) is 0.326. The zero-order chi connectivity index (χ0) is 8.85. The molecule has 64 valence electrons. The first-order chi connectivity index (χ1) is 5.04. The van der Waals surface area contributed by atoms with Gasteiger partial charge >= 0.3 is 0 Å². The molecule has 0 saturated carbocycles. The van der Waals surface area contributed by atoms with Crippen molar-refractivity contribution in [1.29, 1.82) is 0 Å². The SMILES string of the molecule is CC(C)=C/N=N/N(C)C(C)C. The minimum atomic E-state index is 0.407. The van der Waals surface area contributed by atoms with E-state index < -0.39 is 0 Å². The Hall–Kier alpha value is -0.860. The van der Waals surface area contributed by atoms with Gasteiger partial charge < -0.3 is 0 Å². The van der Waals surface area contributed by atoms with Gasteiger partial charge in [0.15, 0.2) is 0 Å². The van der Waals surface area contributed by atoms with Crippen molar-refractivity contribution in [2.45, 2.75) is 33.7 Å². The number of hydrogen-bond donors (Lipinski definition) is 0. The Bertz CT molecular complexity index is 155. The summed E-state index contributed by atoms with van der Waals surface area (Å²) in [5, 5.41) is 9.65. The molecule has 0 rings (SSSR count). The molecule has 0 aromatic heterocycles. The summed E-state index contributed by atoms with van der Waals surface area (Å²) < 4.78 is 0. The Morgan fingerprint density at radius 2 is 1.91 bits per heavy atom. The van der Waals surface area contributed by atoms with E-state index in [0.717, 1.165) is 5.57 Å². The standard InChI is InChI=1S/C8H17N3/c1-7(2)6-9-10-11(5)8(3)4/h6,8H,1-5H3/b10-9+.